The maximum atomic E-state index is 13.8. The summed E-state index contributed by atoms with van der Waals surface area (Å²) in [5, 5.41) is 8.76. The van der Waals surface area contributed by atoms with E-state index >= 15 is 0 Å². The van der Waals surface area contributed by atoms with Gasteiger partial charge in [0, 0.05) is 0 Å². The largest absolute Gasteiger partial charge is 0.478 e. The van der Waals surface area contributed by atoms with Crippen LogP contribution in [0.15, 0.2) is 34.7 Å². The summed E-state index contributed by atoms with van der Waals surface area (Å²) in [6, 6.07) is 6.74. The van der Waals surface area contributed by atoms with Crippen molar-refractivity contribution < 1.29 is 23.5 Å². The molecule has 1 N–H and O–H groups in total. The van der Waals surface area contributed by atoms with Gasteiger partial charge in [0.2, 0.25) is 0 Å². The van der Waals surface area contributed by atoms with Gasteiger partial charge in [-0.3, -0.25) is 4.79 Å². The number of carbonyl (C=O) groups is 2. The molecule has 2 aromatic rings. The first-order valence-corrected chi connectivity index (χ1v) is 4.70. The van der Waals surface area contributed by atoms with Crippen LogP contribution in [0.2, 0.25) is 0 Å². The second kappa shape index (κ2) is 4.21. The molecular formula is C12H7FO4. The molecule has 0 spiro atoms. The van der Waals surface area contributed by atoms with Gasteiger partial charge in [-0.25, -0.2) is 9.18 Å². The Morgan fingerprint density at radius 2 is 2.06 bits per heavy atom. The zero-order valence-electron chi connectivity index (χ0n) is 8.51. The highest BCUT2D eigenvalue weighted by molar-refractivity contribution is 5.89. The second-order valence-corrected chi connectivity index (χ2v) is 3.29. The lowest BCUT2D eigenvalue weighted by atomic mass is 10.1. The number of rotatable bonds is 3. The summed E-state index contributed by atoms with van der Waals surface area (Å²) in [7, 11) is 0. The molecule has 86 valence electrons. The number of halogens is 1. The van der Waals surface area contributed by atoms with Crippen molar-refractivity contribution in [3.05, 3.63) is 47.5 Å². The number of carboxylic acids is 1. The minimum atomic E-state index is -1.36. The Bertz CT molecular complexity index is 586. The van der Waals surface area contributed by atoms with Crippen molar-refractivity contribution in [2.45, 2.75) is 0 Å². The van der Waals surface area contributed by atoms with Crippen LogP contribution in [0.4, 0.5) is 4.39 Å². The summed E-state index contributed by atoms with van der Waals surface area (Å²) < 4.78 is 18.8. The van der Waals surface area contributed by atoms with Gasteiger partial charge in [-0.15, -0.1) is 0 Å². The van der Waals surface area contributed by atoms with E-state index in [1.54, 1.807) is 0 Å². The van der Waals surface area contributed by atoms with Gasteiger partial charge in [0.25, 0.3) is 0 Å². The van der Waals surface area contributed by atoms with Crippen molar-refractivity contribution >= 4 is 12.3 Å². The van der Waals surface area contributed by atoms with Gasteiger partial charge in [0.1, 0.15) is 11.6 Å². The molecule has 4 nitrogen and oxygen atoms in total. The van der Waals surface area contributed by atoms with Crippen molar-refractivity contribution in [3.63, 3.8) is 0 Å². The van der Waals surface area contributed by atoms with Gasteiger partial charge in [-0.1, -0.05) is 6.07 Å². The lowest BCUT2D eigenvalue weighted by molar-refractivity contribution is 0.0692. The Morgan fingerprint density at radius 1 is 1.29 bits per heavy atom. The fourth-order valence-electron chi connectivity index (χ4n) is 1.45. The quantitative estimate of drug-likeness (QED) is 0.829. The molecule has 0 saturated heterocycles. The minimum absolute atomic E-state index is 0.0120. The van der Waals surface area contributed by atoms with E-state index in [-0.39, 0.29) is 17.1 Å². The lowest BCUT2D eigenvalue weighted by Crippen LogP contribution is -2.01. The molecule has 0 radical (unpaired) electrons. The van der Waals surface area contributed by atoms with Gasteiger partial charge in [-0.2, -0.15) is 0 Å². The molecule has 0 amide bonds. The highest BCUT2D eigenvalue weighted by atomic mass is 19.1. The molecule has 0 saturated carbocycles. The van der Waals surface area contributed by atoms with Crippen LogP contribution in [0.25, 0.3) is 11.3 Å². The molecule has 2 rings (SSSR count). The standard InChI is InChI=1S/C12H7FO4/c13-11-8(2-1-3-9(11)12(15)16)10-5-4-7(6-14)17-10/h1-6H,(H,15,16). The number of carboxylic acid groups (broad SMARTS) is 1. The Balaban J connectivity index is 2.55. The Kier molecular flexibility index (Phi) is 2.74. The van der Waals surface area contributed by atoms with E-state index in [0.717, 1.165) is 6.07 Å². The third-order valence-electron chi connectivity index (χ3n) is 2.24. The van der Waals surface area contributed by atoms with E-state index in [4.69, 9.17) is 9.52 Å². The summed E-state index contributed by atoms with van der Waals surface area (Å²) in [5.41, 5.74) is -0.426. The summed E-state index contributed by atoms with van der Waals surface area (Å²) in [6.45, 7) is 0. The summed E-state index contributed by atoms with van der Waals surface area (Å²) in [5.74, 6) is -2.06. The third-order valence-corrected chi connectivity index (χ3v) is 2.24. The smallest absolute Gasteiger partial charge is 0.338 e. The van der Waals surface area contributed by atoms with E-state index in [2.05, 4.69) is 0 Å². The summed E-state index contributed by atoms with van der Waals surface area (Å²) in [4.78, 5) is 21.2. The van der Waals surface area contributed by atoms with E-state index in [1.165, 1.54) is 24.3 Å². The molecule has 0 aliphatic carbocycles. The average Bonchev–Trinajstić information content (AvgIpc) is 2.77. The van der Waals surface area contributed by atoms with Crippen molar-refractivity contribution in [2.24, 2.45) is 0 Å². The molecule has 0 atom stereocenters. The SMILES string of the molecule is O=Cc1ccc(-c2cccc(C(=O)O)c2F)o1. The molecule has 0 aliphatic rings. The lowest BCUT2D eigenvalue weighted by Gasteiger charge is -2.02. The number of furan rings is 1. The zero-order valence-corrected chi connectivity index (χ0v) is 8.51. The first-order chi connectivity index (χ1) is 8.13. The maximum absolute atomic E-state index is 13.8. The molecular weight excluding hydrogens is 227 g/mol. The van der Waals surface area contributed by atoms with Crippen molar-refractivity contribution in [3.8, 4) is 11.3 Å². The van der Waals surface area contributed by atoms with Crippen LogP contribution < -0.4 is 0 Å². The fourth-order valence-corrected chi connectivity index (χ4v) is 1.45. The average molecular weight is 234 g/mol. The Labute approximate surface area is 95.3 Å². The monoisotopic (exact) mass is 234 g/mol. The van der Waals surface area contributed by atoms with Gasteiger partial charge in [0.05, 0.1) is 11.1 Å². The summed E-state index contributed by atoms with van der Waals surface area (Å²) >= 11 is 0. The molecule has 1 heterocycles. The van der Waals surface area contributed by atoms with Gasteiger partial charge in [0.15, 0.2) is 12.0 Å². The van der Waals surface area contributed by atoms with Crippen LogP contribution in [-0.4, -0.2) is 17.4 Å². The molecule has 0 aliphatic heterocycles. The van der Waals surface area contributed by atoms with Crippen molar-refractivity contribution in [1.82, 2.24) is 0 Å². The first-order valence-electron chi connectivity index (χ1n) is 4.70. The maximum Gasteiger partial charge on any atom is 0.338 e. The van der Waals surface area contributed by atoms with E-state index in [0.29, 0.717) is 6.29 Å². The van der Waals surface area contributed by atoms with Crippen LogP contribution in [0.3, 0.4) is 0 Å². The number of aromatic carboxylic acids is 1. The zero-order chi connectivity index (χ0) is 12.4. The van der Waals surface area contributed by atoms with Crippen LogP contribution in [0.5, 0.6) is 0 Å². The van der Waals surface area contributed by atoms with Crippen LogP contribution in [0, 0.1) is 5.82 Å². The van der Waals surface area contributed by atoms with Gasteiger partial charge < -0.3 is 9.52 Å². The van der Waals surface area contributed by atoms with Gasteiger partial charge in [-0.05, 0) is 24.3 Å². The highest BCUT2D eigenvalue weighted by Gasteiger charge is 2.16. The van der Waals surface area contributed by atoms with Crippen molar-refractivity contribution in [1.29, 1.82) is 0 Å². The van der Waals surface area contributed by atoms with E-state index in [1.807, 2.05) is 0 Å². The number of hydrogen-bond acceptors (Lipinski definition) is 3. The number of aldehydes is 1. The van der Waals surface area contributed by atoms with Crippen LogP contribution in [0.1, 0.15) is 20.9 Å². The summed E-state index contributed by atoms with van der Waals surface area (Å²) in [6.07, 6.45) is 0.489. The van der Waals surface area contributed by atoms with Crippen molar-refractivity contribution in [2.75, 3.05) is 0 Å². The molecule has 1 aromatic carbocycles. The molecule has 0 unspecified atom stereocenters. The molecule has 0 fully saturated rings. The van der Waals surface area contributed by atoms with E-state index < -0.39 is 17.3 Å². The Hall–Kier alpha value is -2.43. The van der Waals surface area contributed by atoms with E-state index in [9.17, 15) is 14.0 Å². The first kappa shape index (κ1) is 11.1. The predicted octanol–water partition coefficient (Wildman–Crippen LogP) is 2.60. The topological polar surface area (TPSA) is 67.5 Å². The predicted molar refractivity (Wildman–Crippen MR) is 56.4 cm³/mol. The third kappa shape index (κ3) is 1.94. The molecule has 1 aromatic heterocycles. The molecule has 5 heteroatoms. The second-order valence-electron chi connectivity index (χ2n) is 3.29. The number of benzene rings is 1. The normalized spacial score (nSPS) is 10.2. The van der Waals surface area contributed by atoms with Gasteiger partial charge >= 0.3 is 5.97 Å². The Morgan fingerprint density at radius 3 is 2.65 bits per heavy atom. The number of hydrogen-bond donors (Lipinski definition) is 1. The van der Waals surface area contributed by atoms with Crippen LogP contribution in [-0.2, 0) is 0 Å². The highest BCUT2D eigenvalue weighted by Crippen LogP contribution is 2.26. The van der Waals surface area contributed by atoms with Crippen LogP contribution >= 0.6 is 0 Å². The molecule has 0 bridgehead atoms. The molecule has 17 heavy (non-hydrogen) atoms. The number of carbonyl (C=O) groups excluding carboxylic acids is 1. The minimum Gasteiger partial charge on any atom is -0.478 e. The fraction of sp³-hybridized carbons (Fsp3) is 0.